The number of hydrogen-bond acceptors (Lipinski definition) is 4. The van der Waals surface area contributed by atoms with Crippen molar-refractivity contribution in [3.05, 3.63) is 59.7 Å². The van der Waals surface area contributed by atoms with E-state index in [1.165, 1.54) is 16.4 Å². The molecule has 3 aromatic rings. The summed E-state index contributed by atoms with van der Waals surface area (Å²) in [7, 11) is -3.58. The van der Waals surface area contributed by atoms with Crippen molar-refractivity contribution in [3.63, 3.8) is 0 Å². The van der Waals surface area contributed by atoms with Gasteiger partial charge in [0.15, 0.2) is 0 Å². The third-order valence-electron chi connectivity index (χ3n) is 5.91. The number of benzene rings is 2. The van der Waals surface area contributed by atoms with Gasteiger partial charge in [0.05, 0.1) is 22.0 Å². The number of nitrogens with one attached hydrogen (secondary N) is 1. The smallest absolute Gasteiger partial charge is 0.243 e. The molecule has 0 fully saturated rings. The molecule has 3 rings (SSSR count). The number of amides is 1. The number of aryl methyl sites for hydroxylation is 2. The van der Waals surface area contributed by atoms with Crippen molar-refractivity contribution in [1.29, 1.82) is 0 Å². The monoisotopic (exact) mass is 488 g/mol. The van der Waals surface area contributed by atoms with E-state index < -0.39 is 10.0 Å². The summed E-state index contributed by atoms with van der Waals surface area (Å²) in [6.45, 7) is 9.07. The molecular weight excluding hydrogens is 455 g/mol. The average Bonchev–Trinajstić information content (AvgIpc) is 3.15. The fourth-order valence-electron chi connectivity index (χ4n) is 4.07. The van der Waals surface area contributed by atoms with Crippen LogP contribution in [0.2, 0.25) is 0 Å². The number of rotatable bonds is 11. The van der Waals surface area contributed by atoms with Gasteiger partial charge in [-0.3, -0.25) is 4.79 Å². The number of sulfonamides is 1. The molecule has 1 N–H and O–H groups in total. The third kappa shape index (κ3) is 5.64. The van der Waals surface area contributed by atoms with Gasteiger partial charge >= 0.3 is 0 Å². The molecule has 0 saturated heterocycles. The molecule has 1 unspecified atom stereocenters. The van der Waals surface area contributed by atoms with Gasteiger partial charge in [0.2, 0.25) is 15.9 Å². The van der Waals surface area contributed by atoms with Crippen molar-refractivity contribution in [3.8, 4) is 0 Å². The summed E-state index contributed by atoms with van der Waals surface area (Å²) in [6.07, 6.45) is 1.55. The Morgan fingerprint density at radius 3 is 2.41 bits per heavy atom. The summed E-state index contributed by atoms with van der Waals surface area (Å²) in [6, 6.07) is 10.9. The number of nitrogens with zero attached hydrogens (tertiary/aromatic N) is 3. The lowest BCUT2D eigenvalue weighted by Crippen LogP contribution is -2.30. The summed E-state index contributed by atoms with van der Waals surface area (Å²) in [4.78, 5) is 17.5. The highest BCUT2D eigenvalue weighted by Gasteiger charge is 2.23. The maximum absolute atomic E-state index is 13.1. The van der Waals surface area contributed by atoms with Crippen LogP contribution in [0.15, 0.2) is 47.4 Å². The minimum Gasteiger partial charge on any atom is -0.350 e. The Hall–Kier alpha value is -2.78. The lowest BCUT2D eigenvalue weighted by Gasteiger charge is -2.18. The van der Waals surface area contributed by atoms with Gasteiger partial charge in [-0.15, -0.1) is 0 Å². The molecule has 0 bridgehead atoms. The van der Waals surface area contributed by atoms with Crippen LogP contribution in [-0.2, 0) is 27.8 Å². The molecule has 0 aliphatic carbocycles. The molecule has 184 valence electrons. The predicted molar refractivity (Wildman–Crippen MR) is 131 cm³/mol. The van der Waals surface area contributed by atoms with Gasteiger partial charge in [0.1, 0.15) is 11.6 Å². The van der Waals surface area contributed by atoms with Gasteiger partial charge in [-0.25, -0.2) is 17.8 Å². The van der Waals surface area contributed by atoms with E-state index in [0.29, 0.717) is 25.0 Å². The molecule has 1 aromatic heterocycles. The molecule has 1 amide bonds. The second-order valence-corrected chi connectivity index (χ2v) is 10.2. The van der Waals surface area contributed by atoms with Crippen LogP contribution in [0.1, 0.15) is 58.0 Å². The second kappa shape index (κ2) is 11.1. The Morgan fingerprint density at radius 2 is 1.79 bits per heavy atom. The highest BCUT2D eigenvalue weighted by Crippen LogP contribution is 2.24. The number of carbonyl (C=O) groups is 1. The van der Waals surface area contributed by atoms with Gasteiger partial charge in [-0.2, -0.15) is 4.31 Å². The van der Waals surface area contributed by atoms with Gasteiger partial charge < -0.3 is 9.88 Å². The number of carbonyl (C=O) groups excluding carboxylic acids is 1. The molecule has 0 spiro atoms. The van der Waals surface area contributed by atoms with Crippen LogP contribution in [0.3, 0.4) is 0 Å². The molecule has 7 nitrogen and oxygen atoms in total. The minimum atomic E-state index is -3.58. The Bertz CT molecular complexity index is 1240. The van der Waals surface area contributed by atoms with Crippen LogP contribution in [-0.4, -0.2) is 41.3 Å². The molecule has 0 saturated carbocycles. The molecule has 2 aromatic carbocycles. The summed E-state index contributed by atoms with van der Waals surface area (Å²) in [5.41, 5.74) is 2.29. The highest BCUT2D eigenvalue weighted by molar-refractivity contribution is 7.89. The van der Waals surface area contributed by atoms with E-state index in [9.17, 15) is 17.6 Å². The van der Waals surface area contributed by atoms with Crippen molar-refractivity contribution >= 4 is 27.0 Å². The molecule has 34 heavy (non-hydrogen) atoms. The maximum Gasteiger partial charge on any atom is 0.243 e. The zero-order chi connectivity index (χ0) is 24.9. The van der Waals surface area contributed by atoms with Crippen molar-refractivity contribution in [2.75, 3.05) is 13.1 Å². The summed E-state index contributed by atoms with van der Waals surface area (Å²) >= 11 is 0. The highest BCUT2D eigenvalue weighted by atomic mass is 32.2. The van der Waals surface area contributed by atoms with E-state index in [-0.39, 0.29) is 29.1 Å². The maximum atomic E-state index is 13.1. The molecular formula is C25H33FN4O3S. The predicted octanol–water partition coefficient (Wildman–Crippen LogP) is 4.43. The first-order valence-electron chi connectivity index (χ1n) is 11.7. The van der Waals surface area contributed by atoms with Crippen molar-refractivity contribution in [2.24, 2.45) is 0 Å². The van der Waals surface area contributed by atoms with Crippen LogP contribution in [0.25, 0.3) is 11.0 Å². The first kappa shape index (κ1) is 25.8. The molecule has 0 aliphatic rings. The van der Waals surface area contributed by atoms with Crippen molar-refractivity contribution < 1.29 is 17.6 Å². The van der Waals surface area contributed by atoms with Gasteiger partial charge in [-0.1, -0.05) is 32.9 Å². The zero-order valence-electron chi connectivity index (χ0n) is 20.2. The fourth-order valence-corrected chi connectivity index (χ4v) is 5.55. The average molecular weight is 489 g/mol. The molecule has 0 aliphatic heterocycles. The van der Waals surface area contributed by atoms with E-state index >= 15 is 0 Å². The van der Waals surface area contributed by atoms with Crippen molar-refractivity contribution in [2.45, 2.75) is 64.4 Å². The Morgan fingerprint density at radius 1 is 1.12 bits per heavy atom. The Labute approximate surface area is 201 Å². The second-order valence-electron chi connectivity index (χ2n) is 8.26. The lowest BCUT2D eigenvalue weighted by molar-refractivity contribution is -0.121. The Kier molecular flexibility index (Phi) is 8.43. The van der Waals surface area contributed by atoms with Gasteiger partial charge in [-0.05, 0) is 49.2 Å². The number of fused-ring (bicyclic) bond motifs is 1. The molecule has 1 heterocycles. The largest absolute Gasteiger partial charge is 0.350 e. The van der Waals surface area contributed by atoms with Crippen LogP contribution in [0.5, 0.6) is 0 Å². The minimum absolute atomic E-state index is 0.128. The van der Waals surface area contributed by atoms with Crippen molar-refractivity contribution in [1.82, 2.24) is 19.2 Å². The molecule has 1 atom stereocenters. The number of imidazole rings is 1. The standard InChI is InChI=1S/C25H33FN4O3S/c1-5-16-30-23-13-12-21(34(32,33)29(6-2)7-3)17-22(23)28-24(30)14-15-25(31)27-18(4)19-8-10-20(26)11-9-19/h8-13,17-18H,5-7,14-16H2,1-4H3,(H,27,31). The number of hydrogen-bond donors (Lipinski definition) is 1. The molecule has 9 heteroatoms. The zero-order valence-corrected chi connectivity index (χ0v) is 21.0. The van der Waals surface area contributed by atoms with E-state index in [2.05, 4.69) is 16.8 Å². The van der Waals surface area contributed by atoms with E-state index in [1.54, 1.807) is 30.3 Å². The van der Waals surface area contributed by atoms with Crippen LogP contribution >= 0.6 is 0 Å². The quantitative estimate of drug-likeness (QED) is 0.433. The number of aromatic nitrogens is 2. The van der Waals surface area contributed by atoms with Gasteiger partial charge in [0.25, 0.3) is 0 Å². The molecule has 0 radical (unpaired) electrons. The Balaban J connectivity index is 1.79. The number of halogens is 1. The van der Waals surface area contributed by atoms with E-state index in [0.717, 1.165) is 29.9 Å². The van der Waals surface area contributed by atoms with E-state index in [1.807, 2.05) is 20.8 Å². The SMILES string of the molecule is CCCn1c(CCC(=O)NC(C)c2ccc(F)cc2)nc2cc(S(=O)(=O)N(CC)CC)ccc21. The van der Waals surface area contributed by atoms with Crippen LogP contribution in [0, 0.1) is 5.82 Å². The lowest BCUT2D eigenvalue weighted by atomic mass is 10.1. The summed E-state index contributed by atoms with van der Waals surface area (Å²) in [5.74, 6) is 0.306. The summed E-state index contributed by atoms with van der Waals surface area (Å²) < 4.78 is 42.5. The van der Waals surface area contributed by atoms with Crippen LogP contribution in [0.4, 0.5) is 4.39 Å². The third-order valence-corrected chi connectivity index (χ3v) is 7.96. The van der Waals surface area contributed by atoms with E-state index in [4.69, 9.17) is 4.98 Å². The first-order chi connectivity index (χ1) is 16.2. The normalized spacial score (nSPS) is 12.9. The fraction of sp³-hybridized carbons (Fsp3) is 0.440. The van der Waals surface area contributed by atoms with Gasteiger partial charge in [0, 0.05) is 32.5 Å². The summed E-state index contributed by atoms with van der Waals surface area (Å²) in [5, 5.41) is 2.94. The first-order valence-corrected chi connectivity index (χ1v) is 13.2. The van der Waals surface area contributed by atoms with Crippen LogP contribution < -0.4 is 5.32 Å². The topological polar surface area (TPSA) is 84.3 Å².